The highest BCUT2D eigenvalue weighted by Gasteiger charge is 2.42. The summed E-state index contributed by atoms with van der Waals surface area (Å²) in [6.45, 7) is 0. The fraction of sp³-hybridized carbons (Fsp3) is 0.500. The van der Waals surface area contributed by atoms with Crippen LogP contribution < -0.4 is 10.6 Å². The molecule has 4 heteroatoms. The van der Waals surface area contributed by atoms with Crippen molar-refractivity contribution in [1.82, 2.24) is 10.3 Å². The average molecular weight is 217 g/mol. The molecule has 3 atom stereocenters. The number of nitrogens with one attached hydrogen (secondary N) is 2. The number of fused-ring (bicyclic) bond motifs is 2. The van der Waals surface area contributed by atoms with E-state index in [4.69, 9.17) is 0 Å². The second kappa shape index (κ2) is 3.87. The van der Waals surface area contributed by atoms with Crippen molar-refractivity contribution < 1.29 is 4.79 Å². The molecular weight excluding hydrogens is 202 g/mol. The van der Waals surface area contributed by atoms with E-state index in [1.165, 1.54) is 6.42 Å². The summed E-state index contributed by atoms with van der Waals surface area (Å²) >= 11 is 0. The lowest BCUT2D eigenvalue weighted by molar-refractivity contribution is -0.120. The minimum atomic E-state index is 0.132. The molecule has 1 aromatic rings. The molecule has 0 aliphatic carbocycles. The number of carbonyl (C=O) groups excluding carboxylic acids is 1. The SMILES string of the molecule is O=C(Nc1cccnc1)C1CC2CCC1N2. The van der Waals surface area contributed by atoms with E-state index in [0.717, 1.165) is 18.5 Å². The summed E-state index contributed by atoms with van der Waals surface area (Å²) in [5, 5.41) is 6.40. The van der Waals surface area contributed by atoms with Crippen LogP contribution in [0.25, 0.3) is 0 Å². The summed E-state index contributed by atoms with van der Waals surface area (Å²) in [6, 6.07) is 4.65. The number of amides is 1. The van der Waals surface area contributed by atoms with E-state index in [1.807, 2.05) is 12.1 Å². The van der Waals surface area contributed by atoms with Crippen LogP contribution in [-0.2, 0) is 4.79 Å². The summed E-state index contributed by atoms with van der Waals surface area (Å²) in [5.41, 5.74) is 0.787. The first-order valence-electron chi connectivity index (χ1n) is 5.80. The van der Waals surface area contributed by atoms with Crippen molar-refractivity contribution >= 4 is 11.6 Å². The molecule has 1 amide bonds. The highest BCUT2D eigenvalue weighted by atomic mass is 16.2. The molecule has 3 rings (SSSR count). The van der Waals surface area contributed by atoms with Crippen LogP contribution in [0, 0.1) is 5.92 Å². The van der Waals surface area contributed by atoms with Gasteiger partial charge in [0.1, 0.15) is 0 Å². The van der Waals surface area contributed by atoms with Gasteiger partial charge in [-0.2, -0.15) is 0 Å². The third-order valence-corrected chi connectivity index (χ3v) is 3.57. The maximum atomic E-state index is 12.0. The molecule has 3 unspecified atom stereocenters. The number of nitrogens with zero attached hydrogens (tertiary/aromatic N) is 1. The summed E-state index contributed by atoms with van der Waals surface area (Å²) in [6.07, 6.45) is 6.72. The Morgan fingerprint density at radius 2 is 2.44 bits per heavy atom. The number of rotatable bonds is 2. The average Bonchev–Trinajstić information content (AvgIpc) is 2.92. The van der Waals surface area contributed by atoms with Crippen molar-refractivity contribution in [2.45, 2.75) is 31.3 Å². The van der Waals surface area contributed by atoms with Crippen LogP contribution in [0.15, 0.2) is 24.5 Å². The maximum absolute atomic E-state index is 12.0. The molecular formula is C12H15N3O. The number of hydrogen-bond donors (Lipinski definition) is 2. The van der Waals surface area contributed by atoms with Crippen LogP contribution >= 0.6 is 0 Å². The maximum Gasteiger partial charge on any atom is 0.229 e. The van der Waals surface area contributed by atoms with E-state index < -0.39 is 0 Å². The Hall–Kier alpha value is -1.42. The molecule has 1 aromatic heterocycles. The Balaban J connectivity index is 1.66. The Bertz CT molecular complexity index is 393. The molecule has 0 radical (unpaired) electrons. The highest BCUT2D eigenvalue weighted by Crippen LogP contribution is 2.33. The van der Waals surface area contributed by atoms with Crippen LogP contribution in [0.2, 0.25) is 0 Å². The molecule has 4 nitrogen and oxygen atoms in total. The molecule has 0 spiro atoms. The normalized spacial score (nSPS) is 31.6. The Kier molecular flexibility index (Phi) is 2.36. The molecule has 0 saturated carbocycles. The zero-order valence-corrected chi connectivity index (χ0v) is 9.02. The quantitative estimate of drug-likeness (QED) is 0.781. The smallest absolute Gasteiger partial charge is 0.229 e. The van der Waals surface area contributed by atoms with Crippen LogP contribution in [-0.4, -0.2) is 23.0 Å². The second-order valence-corrected chi connectivity index (χ2v) is 4.62. The van der Waals surface area contributed by atoms with E-state index in [9.17, 15) is 4.79 Å². The molecule has 2 N–H and O–H groups in total. The lowest BCUT2D eigenvalue weighted by Gasteiger charge is -2.19. The van der Waals surface area contributed by atoms with Gasteiger partial charge in [0.05, 0.1) is 17.8 Å². The van der Waals surface area contributed by atoms with Crippen molar-refractivity contribution in [2.75, 3.05) is 5.32 Å². The zero-order chi connectivity index (χ0) is 11.0. The first kappa shape index (κ1) is 9.78. The van der Waals surface area contributed by atoms with Gasteiger partial charge in [-0.15, -0.1) is 0 Å². The topological polar surface area (TPSA) is 54.0 Å². The van der Waals surface area contributed by atoms with Gasteiger partial charge in [0.25, 0.3) is 0 Å². The van der Waals surface area contributed by atoms with Crippen LogP contribution in [0.4, 0.5) is 5.69 Å². The lowest BCUT2D eigenvalue weighted by atomic mass is 9.88. The van der Waals surface area contributed by atoms with Gasteiger partial charge >= 0.3 is 0 Å². The van der Waals surface area contributed by atoms with Gasteiger partial charge in [0.15, 0.2) is 0 Å². The Labute approximate surface area is 94.5 Å². The monoisotopic (exact) mass is 217 g/mol. The van der Waals surface area contributed by atoms with Crippen LogP contribution in [0.1, 0.15) is 19.3 Å². The van der Waals surface area contributed by atoms with Gasteiger partial charge in [-0.05, 0) is 31.4 Å². The first-order valence-corrected chi connectivity index (χ1v) is 5.80. The fourth-order valence-electron chi connectivity index (χ4n) is 2.79. The predicted molar refractivity (Wildman–Crippen MR) is 60.9 cm³/mol. The predicted octanol–water partition coefficient (Wildman–Crippen LogP) is 1.16. The van der Waals surface area contributed by atoms with E-state index in [-0.39, 0.29) is 11.8 Å². The number of aromatic nitrogens is 1. The van der Waals surface area contributed by atoms with Gasteiger partial charge in [0.2, 0.25) is 5.91 Å². The van der Waals surface area contributed by atoms with Gasteiger partial charge in [-0.25, -0.2) is 0 Å². The van der Waals surface area contributed by atoms with Gasteiger partial charge in [-0.3, -0.25) is 9.78 Å². The highest BCUT2D eigenvalue weighted by molar-refractivity contribution is 5.93. The minimum absolute atomic E-state index is 0.132. The third kappa shape index (κ3) is 1.69. The molecule has 3 heterocycles. The fourth-order valence-corrected chi connectivity index (χ4v) is 2.79. The van der Waals surface area contributed by atoms with E-state index >= 15 is 0 Å². The number of carbonyl (C=O) groups is 1. The minimum Gasteiger partial charge on any atom is -0.324 e. The molecule has 2 bridgehead atoms. The van der Waals surface area contributed by atoms with Crippen LogP contribution in [0.3, 0.4) is 0 Å². The van der Waals surface area contributed by atoms with Crippen molar-refractivity contribution in [3.63, 3.8) is 0 Å². The second-order valence-electron chi connectivity index (χ2n) is 4.62. The van der Waals surface area contributed by atoms with E-state index in [0.29, 0.717) is 12.1 Å². The largest absolute Gasteiger partial charge is 0.324 e. The third-order valence-electron chi connectivity index (χ3n) is 3.57. The Morgan fingerprint density at radius 1 is 1.50 bits per heavy atom. The zero-order valence-electron chi connectivity index (χ0n) is 9.02. The van der Waals surface area contributed by atoms with E-state index in [2.05, 4.69) is 15.6 Å². The van der Waals surface area contributed by atoms with Crippen molar-refractivity contribution in [3.8, 4) is 0 Å². The first-order chi connectivity index (χ1) is 7.83. The molecule has 2 fully saturated rings. The van der Waals surface area contributed by atoms with Crippen molar-refractivity contribution in [3.05, 3.63) is 24.5 Å². The standard InChI is InChI=1S/C12H15N3O/c16-12(15-9-2-1-5-13-7-9)10-6-8-3-4-11(10)14-8/h1-2,5,7-8,10-11,14H,3-4,6H2,(H,15,16). The molecule has 84 valence electrons. The number of hydrogen-bond acceptors (Lipinski definition) is 3. The molecule has 0 aromatic carbocycles. The lowest BCUT2D eigenvalue weighted by Crippen LogP contribution is -2.32. The molecule has 16 heavy (non-hydrogen) atoms. The molecule has 2 aliphatic rings. The van der Waals surface area contributed by atoms with Crippen molar-refractivity contribution in [1.29, 1.82) is 0 Å². The summed E-state index contributed by atoms with van der Waals surface area (Å²) in [7, 11) is 0. The molecule has 2 saturated heterocycles. The number of anilines is 1. The van der Waals surface area contributed by atoms with Gasteiger partial charge in [0, 0.05) is 18.3 Å². The van der Waals surface area contributed by atoms with Crippen molar-refractivity contribution in [2.24, 2.45) is 5.92 Å². The summed E-state index contributed by atoms with van der Waals surface area (Å²) in [4.78, 5) is 16.0. The van der Waals surface area contributed by atoms with E-state index in [1.54, 1.807) is 12.4 Å². The number of pyridine rings is 1. The van der Waals surface area contributed by atoms with Gasteiger partial charge < -0.3 is 10.6 Å². The van der Waals surface area contributed by atoms with Gasteiger partial charge in [-0.1, -0.05) is 0 Å². The molecule has 2 aliphatic heterocycles. The summed E-state index contributed by atoms with van der Waals surface area (Å²) < 4.78 is 0. The summed E-state index contributed by atoms with van der Waals surface area (Å²) in [5.74, 6) is 0.270. The van der Waals surface area contributed by atoms with Crippen LogP contribution in [0.5, 0.6) is 0 Å². The Morgan fingerprint density at radius 3 is 3.06 bits per heavy atom.